The molecule has 15 heavy (non-hydrogen) atoms. The number of furan rings is 1. The van der Waals surface area contributed by atoms with Gasteiger partial charge in [0.1, 0.15) is 5.76 Å². The number of hydrogen-bond acceptors (Lipinski definition) is 3. The van der Waals surface area contributed by atoms with Gasteiger partial charge in [0.15, 0.2) is 4.67 Å². The van der Waals surface area contributed by atoms with E-state index < -0.39 is 0 Å². The normalized spacial score (nSPS) is 26.0. The second kappa shape index (κ2) is 3.92. The van der Waals surface area contributed by atoms with Gasteiger partial charge in [0.05, 0.1) is 12.6 Å². The highest BCUT2D eigenvalue weighted by molar-refractivity contribution is 9.10. The van der Waals surface area contributed by atoms with E-state index in [1.165, 1.54) is 0 Å². The Morgan fingerprint density at radius 2 is 2.33 bits per heavy atom. The van der Waals surface area contributed by atoms with Gasteiger partial charge < -0.3 is 9.52 Å². The molecule has 4 heteroatoms. The molecule has 0 amide bonds. The Hall–Kier alpha value is -0.320. The molecule has 0 bridgehead atoms. The Labute approximate surface area is 98.2 Å². The molecule has 1 aliphatic heterocycles. The summed E-state index contributed by atoms with van der Waals surface area (Å²) in [5.41, 5.74) is -0.0101. The van der Waals surface area contributed by atoms with Crippen LogP contribution in [0.4, 0.5) is 0 Å². The highest BCUT2D eigenvalue weighted by Gasteiger charge is 2.38. The van der Waals surface area contributed by atoms with Gasteiger partial charge in [0.25, 0.3) is 0 Å². The molecule has 2 rings (SSSR count). The van der Waals surface area contributed by atoms with Crippen molar-refractivity contribution in [3.63, 3.8) is 0 Å². The summed E-state index contributed by atoms with van der Waals surface area (Å²) in [6.45, 7) is 6.59. The maximum Gasteiger partial charge on any atom is 0.169 e. The molecule has 0 aromatic carbocycles. The minimum absolute atomic E-state index is 0.0101. The van der Waals surface area contributed by atoms with Crippen LogP contribution in [0, 0.1) is 5.41 Å². The summed E-state index contributed by atoms with van der Waals surface area (Å²) in [5, 5.41) is 9.83. The van der Waals surface area contributed by atoms with Crippen molar-refractivity contribution in [2.45, 2.75) is 26.5 Å². The fourth-order valence-electron chi connectivity index (χ4n) is 2.02. The number of rotatable bonds is 2. The number of aliphatic hydroxyl groups is 1. The maximum absolute atomic E-state index is 9.83. The number of likely N-dealkylation sites (tertiary alicyclic amines) is 1. The van der Waals surface area contributed by atoms with Gasteiger partial charge in [-0.2, -0.15) is 0 Å². The molecule has 1 N–H and O–H groups in total. The van der Waals surface area contributed by atoms with Gasteiger partial charge in [-0.1, -0.05) is 13.8 Å². The predicted octanol–water partition coefficient (Wildman–Crippen LogP) is 2.24. The Bertz CT molecular complexity index is 348. The minimum Gasteiger partial charge on any atom is -0.453 e. The molecule has 0 saturated carbocycles. The van der Waals surface area contributed by atoms with Crippen molar-refractivity contribution in [2.24, 2.45) is 5.41 Å². The van der Waals surface area contributed by atoms with E-state index in [-0.39, 0.29) is 11.5 Å². The molecule has 1 aromatic rings. The van der Waals surface area contributed by atoms with Gasteiger partial charge in [-0.05, 0) is 28.1 Å². The molecule has 0 spiro atoms. The van der Waals surface area contributed by atoms with Crippen molar-refractivity contribution in [1.82, 2.24) is 4.90 Å². The summed E-state index contributed by atoms with van der Waals surface area (Å²) in [7, 11) is 0. The lowest BCUT2D eigenvalue weighted by Crippen LogP contribution is -2.26. The molecule has 2 heterocycles. The van der Waals surface area contributed by atoms with E-state index in [1.807, 2.05) is 12.1 Å². The standard InChI is InChI=1S/C11H16BrNO2/c1-11(2)7-13(6-9(11)14)5-8-3-4-10(12)15-8/h3-4,9,14H,5-7H2,1-2H3. The van der Waals surface area contributed by atoms with E-state index in [2.05, 4.69) is 34.7 Å². The van der Waals surface area contributed by atoms with Gasteiger partial charge in [-0.25, -0.2) is 0 Å². The van der Waals surface area contributed by atoms with Crippen molar-refractivity contribution in [2.75, 3.05) is 13.1 Å². The first kappa shape index (κ1) is 11.2. The number of aliphatic hydroxyl groups excluding tert-OH is 1. The first-order valence-electron chi connectivity index (χ1n) is 5.12. The van der Waals surface area contributed by atoms with Gasteiger partial charge >= 0.3 is 0 Å². The zero-order valence-electron chi connectivity index (χ0n) is 9.03. The first-order chi connectivity index (χ1) is 6.97. The minimum atomic E-state index is -0.240. The fourth-order valence-corrected chi connectivity index (χ4v) is 2.36. The molecule has 1 unspecified atom stereocenters. The zero-order valence-corrected chi connectivity index (χ0v) is 10.6. The van der Waals surface area contributed by atoms with E-state index in [9.17, 15) is 5.11 Å². The van der Waals surface area contributed by atoms with E-state index in [0.717, 1.165) is 30.1 Å². The molecule has 0 radical (unpaired) electrons. The summed E-state index contributed by atoms with van der Waals surface area (Å²) in [5.74, 6) is 0.937. The highest BCUT2D eigenvalue weighted by Crippen LogP contribution is 2.30. The van der Waals surface area contributed by atoms with Crippen molar-refractivity contribution in [3.8, 4) is 0 Å². The summed E-state index contributed by atoms with van der Waals surface area (Å²) in [6, 6.07) is 3.86. The van der Waals surface area contributed by atoms with Crippen LogP contribution in [-0.4, -0.2) is 29.2 Å². The molecular weight excluding hydrogens is 258 g/mol. The summed E-state index contributed by atoms with van der Waals surface area (Å²) >= 11 is 3.28. The number of halogens is 1. The van der Waals surface area contributed by atoms with Crippen LogP contribution in [0.5, 0.6) is 0 Å². The van der Waals surface area contributed by atoms with Gasteiger partial charge in [0.2, 0.25) is 0 Å². The molecule has 1 aliphatic rings. The third-order valence-electron chi connectivity index (χ3n) is 2.97. The molecule has 1 fully saturated rings. The average molecular weight is 274 g/mol. The summed E-state index contributed by atoms with van der Waals surface area (Å²) in [4.78, 5) is 2.22. The number of nitrogens with zero attached hydrogens (tertiary/aromatic N) is 1. The van der Waals surface area contributed by atoms with Crippen LogP contribution in [0.25, 0.3) is 0 Å². The average Bonchev–Trinajstić information content (AvgIpc) is 2.59. The first-order valence-corrected chi connectivity index (χ1v) is 5.91. The third kappa shape index (κ3) is 2.44. The fraction of sp³-hybridized carbons (Fsp3) is 0.636. The molecule has 0 aliphatic carbocycles. The monoisotopic (exact) mass is 273 g/mol. The van der Waals surface area contributed by atoms with Crippen LogP contribution in [0.2, 0.25) is 0 Å². The van der Waals surface area contributed by atoms with Crippen molar-refractivity contribution in [3.05, 3.63) is 22.6 Å². The van der Waals surface area contributed by atoms with E-state index in [1.54, 1.807) is 0 Å². The van der Waals surface area contributed by atoms with Gasteiger partial charge in [0, 0.05) is 18.5 Å². The Morgan fingerprint density at radius 3 is 2.80 bits per heavy atom. The number of β-amino-alcohol motifs (C(OH)–C–C–N with tert-alkyl or cyclic N) is 1. The van der Waals surface area contributed by atoms with Crippen LogP contribution >= 0.6 is 15.9 Å². The Kier molecular flexibility index (Phi) is 2.92. The Balaban J connectivity index is 1.98. The molecule has 3 nitrogen and oxygen atoms in total. The summed E-state index contributed by atoms with van der Waals surface area (Å²) < 4.78 is 6.20. The topological polar surface area (TPSA) is 36.6 Å². The van der Waals surface area contributed by atoms with Crippen LogP contribution in [0.15, 0.2) is 21.2 Å². The molecule has 1 saturated heterocycles. The second-order valence-electron chi connectivity index (χ2n) is 4.88. The van der Waals surface area contributed by atoms with Crippen LogP contribution in [0.1, 0.15) is 19.6 Å². The predicted molar refractivity (Wildman–Crippen MR) is 61.5 cm³/mol. The van der Waals surface area contributed by atoms with Gasteiger partial charge in [-0.15, -0.1) is 0 Å². The lowest BCUT2D eigenvalue weighted by Gasteiger charge is -2.20. The van der Waals surface area contributed by atoms with E-state index >= 15 is 0 Å². The van der Waals surface area contributed by atoms with Gasteiger partial charge in [-0.3, -0.25) is 4.90 Å². The van der Waals surface area contributed by atoms with Crippen molar-refractivity contribution in [1.29, 1.82) is 0 Å². The van der Waals surface area contributed by atoms with Crippen LogP contribution in [-0.2, 0) is 6.54 Å². The molecule has 1 aromatic heterocycles. The third-order valence-corrected chi connectivity index (χ3v) is 3.40. The largest absolute Gasteiger partial charge is 0.453 e. The molecule has 1 atom stereocenters. The lowest BCUT2D eigenvalue weighted by molar-refractivity contribution is 0.0954. The van der Waals surface area contributed by atoms with Crippen LogP contribution in [0.3, 0.4) is 0 Å². The van der Waals surface area contributed by atoms with Crippen molar-refractivity contribution >= 4 is 15.9 Å². The Morgan fingerprint density at radius 1 is 1.60 bits per heavy atom. The quantitative estimate of drug-likeness (QED) is 0.898. The zero-order chi connectivity index (χ0) is 11.1. The van der Waals surface area contributed by atoms with E-state index in [0.29, 0.717) is 0 Å². The molecule has 84 valence electrons. The summed E-state index contributed by atoms with van der Waals surface area (Å²) in [6.07, 6.45) is -0.240. The SMILES string of the molecule is CC1(C)CN(Cc2ccc(Br)o2)CC1O. The smallest absolute Gasteiger partial charge is 0.169 e. The van der Waals surface area contributed by atoms with Crippen LogP contribution < -0.4 is 0 Å². The highest BCUT2D eigenvalue weighted by atomic mass is 79.9. The second-order valence-corrected chi connectivity index (χ2v) is 5.66. The van der Waals surface area contributed by atoms with E-state index in [4.69, 9.17) is 4.42 Å². The number of hydrogen-bond donors (Lipinski definition) is 1. The maximum atomic E-state index is 9.83. The molecular formula is C11H16BrNO2. The van der Waals surface area contributed by atoms with Crippen molar-refractivity contribution < 1.29 is 9.52 Å². The lowest BCUT2D eigenvalue weighted by atomic mass is 9.90.